The predicted molar refractivity (Wildman–Crippen MR) is 111 cm³/mol. The van der Waals surface area contributed by atoms with Crippen molar-refractivity contribution in [3.63, 3.8) is 0 Å². The summed E-state index contributed by atoms with van der Waals surface area (Å²) >= 11 is 4.65. The number of anilines is 1. The van der Waals surface area contributed by atoms with E-state index in [2.05, 4.69) is 50.5 Å². The molecule has 3 aromatic rings. The number of aryl methyl sites for hydroxylation is 1. The van der Waals surface area contributed by atoms with Gasteiger partial charge in [-0.15, -0.1) is 10.2 Å². The normalized spacial score (nSPS) is 12.0. The van der Waals surface area contributed by atoms with Crippen LogP contribution in [0.1, 0.15) is 29.9 Å². The van der Waals surface area contributed by atoms with Gasteiger partial charge in [-0.25, -0.2) is 0 Å². The van der Waals surface area contributed by atoms with Crippen molar-refractivity contribution in [3.8, 4) is 0 Å². The number of carbonyl (C=O) groups excluding carboxylic acids is 1. The second-order valence-corrected chi connectivity index (χ2v) is 8.12. The molecule has 27 heavy (non-hydrogen) atoms. The van der Waals surface area contributed by atoms with Crippen LogP contribution in [0.3, 0.4) is 0 Å². The Morgan fingerprint density at radius 2 is 2.00 bits per heavy atom. The van der Waals surface area contributed by atoms with Gasteiger partial charge in [0.05, 0.1) is 5.75 Å². The van der Waals surface area contributed by atoms with Crippen molar-refractivity contribution >= 4 is 39.3 Å². The van der Waals surface area contributed by atoms with Crippen molar-refractivity contribution in [2.75, 3.05) is 11.1 Å². The Kier molecular flexibility index (Phi) is 6.68. The lowest BCUT2D eigenvalue weighted by atomic mass is 9.98. The molecule has 1 unspecified atom stereocenters. The Morgan fingerprint density at radius 3 is 2.74 bits per heavy atom. The molecule has 0 saturated heterocycles. The van der Waals surface area contributed by atoms with Gasteiger partial charge in [0, 0.05) is 16.6 Å². The molecule has 2 aromatic carbocycles. The third-order valence-electron chi connectivity index (χ3n) is 4.09. The van der Waals surface area contributed by atoms with Gasteiger partial charge in [0.25, 0.3) is 5.22 Å². The van der Waals surface area contributed by atoms with Crippen molar-refractivity contribution in [2.24, 2.45) is 0 Å². The topological polar surface area (TPSA) is 68.0 Å². The largest absolute Gasteiger partial charge is 0.416 e. The Labute approximate surface area is 171 Å². The van der Waals surface area contributed by atoms with Crippen molar-refractivity contribution in [1.29, 1.82) is 0 Å². The van der Waals surface area contributed by atoms with E-state index in [-0.39, 0.29) is 17.6 Å². The minimum absolute atomic E-state index is 0.108. The number of halogens is 1. The lowest BCUT2D eigenvalue weighted by Crippen LogP contribution is -2.14. The summed E-state index contributed by atoms with van der Waals surface area (Å²) in [6, 6.07) is 15.9. The van der Waals surface area contributed by atoms with Crippen LogP contribution in [0.5, 0.6) is 0 Å². The van der Waals surface area contributed by atoms with E-state index in [1.54, 1.807) is 0 Å². The SMILES string of the molecule is Cc1cc(Br)ccc1NC(=O)CSc1nnc(CC(C)c2ccccc2)o1. The van der Waals surface area contributed by atoms with E-state index in [9.17, 15) is 4.79 Å². The van der Waals surface area contributed by atoms with Crippen LogP contribution in [0.15, 0.2) is 62.6 Å². The number of benzene rings is 2. The van der Waals surface area contributed by atoms with E-state index in [0.717, 1.165) is 15.7 Å². The summed E-state index contributed by atoms with van der Waals surface area (Å²) in [6.07, 6.45) is 0.669. The molecule has 140 valence electrons. The van der Waals surface area contributed by atoms with E-state index >= 15 is 0 Å². The second-order valence-electron chi connectivity index (χ2n) is 6.27. The smallest absolute Gasteiger partial charge is 0.277 e. The fraction of sp³-hybridized carbons (Fsp3) is 0.250. The Morgan fingerprint density at radius 1 is 1.22 bits per heavy atom. The lowest BCUT2D eigenvalue weighted by molar-refractivity contribution is -0.113. The number of carbonyl (C=O) groups is 1. The number of hydrogen-bond donors (Lipinski definition) is 1. The summed E-state index contributed by atoms with van der Waals surface area (Å²) in [5, 5.41) is 11.4. The number of thioether (sulfide) groups is 1. The number of nitrogens with zero attached hydrogens (tertiary/aromatic N) is 2. The molecule has 1 atom stereocenters. The molecule has 1 amide bonds. The first-order chi connectivity index (χ1) is 13.0. The molecule has 1 N–H and O–H groups in total. The average molecular weight is 446 g/mol. The van der Waals surface area contributed by atoms with E-state index in [4.69, 9.17) is 4.42 Å². The van der Waals surface area contributed by atoms with Gasteiger partial charge in [0.1, 0.15) is 0 Å². The zero-order chi connectivity index (χ0) is 19.2. The number of nitrogens with one attached hydrogen (secondary N) is 1. The summed E-state index contributed by atoms with van der Waals surface area (Å²) in [4.78, 5) is 12.2. The van der Waals surface area contributed by atoms with Crippen LogP contribution in [-0.2, 0) is 11.2 Å². The van der Waals surface area contributed by atoms with E-state index < -0.39 is 0 Å². The number of rotatable bonds is 7. The molecule has 0 spiro atoms. The van der Waals surface area contributed by atoms with Crippen LogP contribution >= 0.6 is 27.7 Å². The van der Waals surface area contributed by atoms with Gasteiger partial charge in [0.15, 0.2) is 0 Å². The van der Waals surface area contributed by atoms with E-state index in [0.29, 0.717) is 17.5 Å². The highest BCUT2D eigenvalue weighted by molar-refractivity contribution is 9.10. The molecule has 3 rings (SSSR count). The van der Waals surface area contributed by atoms with E-state index in [1.165, 1.54) is 17.3 Å². The van der Waals surface area contributed by atoms with Crippen LogP contribution in [0.4, 0.5) is 5.69 Å². The first-order valence-electron chi connectivity index (χ1n) is 8.57. The minimum Gasteiger partial charge on any atom is -0.416 e. The third kappa shape index (κ3) is 5.68. The molecular weight excluding hydrogens is 426 g/mol. The zero-order valence-corrected chi connectivity index (χ0v) is 17.5. The molecule has 0 radical (unpaired) electrons. The Hall–Kier alpha value is -2.12. The van der Waals surface area contributed by atoms with Crippen molar-refractivity contribution in [3.05, 3.63) is 70.0 Å². The van der Waals surface area contributed by atoms with Crippen LogP contribution in [-0.4, -0.2) is 21.9 Å². The highest BCUT2D eigenvalue weighted by atomic mass is 79.9. The number of aromatic nitrogens is 2. The molecule has 1 aromatic heterocycles. The summed E-state index contributed by atoms with van der Waals surface area (Å²) in [7, 11) is 0. The van der Waals surface area contributed by atoms with Crippen molar-refractivity contribution in [1.82, 2.24) is 10.2 Å². The average Bonchev–Trinajstić information content (AvgIpc) is 3.10. The maximum absolute atomic E-state index is 12.2. The molecular formula is C20H20BrN3O2S. The van der Waals surface area contributed by atoms with Gasteiger partial charge in [-0.1, -0.05) is 64.9 Å². The second kappa shape index (κ2) is 9.19. The summed E-state index contributed by atoms with van der Waals surface area (Å²) in [5.74, 6) is 0.972. The van der Waals surface area contributed by atoms with Crippen molar-refractivity contribution < 1.29 is 9.21 Å². The molecule has 0 aliphatic rings. The maximum Gasteiger partial charge on any atom is 0.277 e. The molecule has 0 saturated carbocycles. The molecule has 0 bridgehead atoms. The molecule has 0 aliphatic carbocycles. The predicted octanol–water partition coefficient (Wildman–Crippen LogP) is 5.22. The van der Waals surface area contributed by atoms with Gasteiger partial charge < -0.3 is 9.73 Å². The van der Waals surface area contributed by atoms with Gasteiger partial charge in [-0.2, -0.15) is 0 Å². The first-order valence-corrected chi connectivity index (χ1v) is 10.4. The highest BCUT2D eigenvalue weighted by Crippen LogP contribution is 2.23. The molecule has 7 heteroatoms. The van der Waals surface area contributed by atoms with Gasteiger partial charge in [-0.05, 0) is 42.2 Å². The minimum atomic E-state index is -0.108. The quantitative estimate of drug-likeness (QED) is 0.504. The summed E-state index contributed by atoms with van der Waals surface area (Å²) in [5.41, 5.74) is 3.03. The fourth-order valence-corrected chi connectivity index (χ4v) is 3.68. The van der Waals surface area contributed by atoms with Crippen LogP contribution in [0, 0.1) is 6.92 Å². The van der Waals surface area contributed by atoms with Gasteiger partial charge in [0.2, 0.25) is 11.8 Å². The van der Waals surface area contributed by atoms with Crippen LogP contribution in [0.25, 0.3) is 0 Å². The number of hydrogen-bond acceptors (Lipinski definition) is 5. The lowest BCUT2D eigenvalue weighted by Gasteiger charge is -2.08. The first kappa shape index (κ1) is 19.6. The van der Waals surface area contributed by atoms with Gasteiger partial charge >= 0.3 is 0 Å². The maximum atomic E-state index is 12.2. The number of amides is 1. The van der Waals surface area contributed by atoms with E-state index in [1.807, 2.05) is 43.3 Å². The molecule has 5 nitrogen and oxygen atoms in total. The fourth-order valence-electron chi connectivity index (χ4n) is 2.62. The molecule has 0 aliphatic heterocycles. The monoisotopic (exact) mass is 445 g/mol. The van der Waals surface area contributed by atoms with Crippen LogP contribution < -0.4 is 5.32 Å². The molecule has 1 heterocycles. The third-order valence-corrected chi connectivity index (χ3v) is 5.40. The molecule has 0 fully saturated rings. The van der Waals surface area contributed by atoms with Crippen molar-refractivity contribution in [2.45, 2.75) is 31.4 Å². The van der Waals surface area contributed by atoms with Gasteiger partial charge in [-0.3, -0.25) is 4.79 Å². The zero-order valence-electron chi connectivity index (χ0n) is 15.1. The Balaban J connectivity index is 1.51. The Bertz CT molecular complexity index is 915. The highest BCUT2D eigenvalue weighted by Gasteiger charge is 2.14. The summed E-state index contributed by atoms with van der Waals surface area (Å²) in [6.45, 7) is 4.08. The van der Waals surface area contributed by atoms with Crippen LogP contribution in [0.2, 0.25) is 0 Å². The standard InChI is InChI=1S/C20H20BrN3O2S/c1-13(15-6-4-3-5-7-15)11-19-23-24-20(26-19)27-12-18(25)22-17-9-8-16(21)10-14(17)2/h3-10,13H,11-12H2,1-2H3,(H,22,25). The summed E-state index contributed by atoms with van der Waals surface area (Å²) < 4.78 is 6.65.